The van der Waals surface area contributed by atoms with E-state index in [4.69, 9.17) is 11.6 Å². The van der Waals surface area contributed by atoms with Crippen LogP contribution in [-0.2, 0) is 13.1 Å². The molecular formula is C23H25ClN2O. The maximum absolute atomic E-state index is 13.1. The van der Waals surface area contributed by atoms with Crippen LogP contribution in [0.15, 0.2) is 72.9 Å². The zero-order chi connectivity index (χ0) is 19.1. The Bertz CT molecular complexity index is 873. The predicted octanol–water partition coefficient (Wildman–Crippen LogP) is 5.63. The maximum Gasteiger partial charge on any atom is 0.254 e. The third-order valence-electron chi connectivity index (χ3n) is 4.61. The first-order valence-electron chi connectivity index (χ1n) is 9.40. The highest BCUT2D eigenvalue weighted by Crippen LogP contribution is 2.16. The van der Waals surface area contributed by atoms with Gasteiger partial charge in [0.2, 0.25) is 0 Å². The molecule has 140 valence electrons. The van der Waals surface area contributed by atoms with Gasteiger partial charge in [-0.15, -0.1) is 0 Å². The number of nitrogens with zero attached hydrogens (tertiary/aromatic N) is 2. The lowest BCUT2D eigenvalue weighted by molar-refractivity contribution is 0.0737. The van der Waals surface area contributed by atoms with Crippen LogP contribution in [0.3, 0.4) is 0 Å². The van der Waals surface area contributed by atoms with Crippen LogP contribution in [0.5, 0.6) is 0 Å². The van der Waals surface area contributed by atoms with E-state index in [0.29, 0.717) is 17.1 Å². The second kappa shape index (κ2) is 9.43. The largest absolute Gasteiger partial charge is 0.345 e. The Kier molecular flexibility index (Phi) is 6.72. The zero-order valence-corrected chi connectivity index (χ0v) is 16.4. The Labute approximate surface area is 166 Å². The van der Waals surface area contributed by atoms with Crippen molar-refractivity contribution < 1.29 is 4.79 Å². The first-order valence-corrected chi connectivity index (χ1v) is 9.78. The number of unbranched alkanes of at least 4 members (excludes halogenated alkanes) is 1. The Balaban J connectivity index is 1.79. The summed E-state index contributed by atoms with van der Waals surface area (Å²) in [6.45, 7) is 4.26. The lowest BCUT2D eigenvalue weighted by Crippen LogP contribution is -2.32. The van der Waals surface area contributed by atoms with Crippen LogP contribution in [0.2, 0.25) is 5.02 Å². The molecule has 0 aliphatic heterocycles. The van der Waals surface area contributed by atoms with Crippen LogP contribution in [-0.4, -0.2) is 21.9 Å². The van der Waals surface area contributed by atoms with Crippen molar-refractivity contribution in [3.63, 3.8) is 0 Å². The van der Waals surface area contributed by atoms with Gasteiger partial charge in [-0.1, -0.05) is 61.3 Å². The maximum atomic E-state index is 13.1. The van der Waals surface area contributed by atoms with E-state index in [-0.39, 0.29) is 5.91 Å². The summed E-state index contributed by atoms with van der Waals surface area (Å²) in [5.74, 6) is 0.0263. The second-order valence-corrected chi connectivity index (χ2v) is 7.14. The molecule has 1 aromatic heterocycles. The normalized spacial score (nSPS) is 10.7. The lowest BCUT2D eigenvalue weighted by atomic mass is 10.1. The van der Waals surface area contributed by atoms with E-state index in [0.717, 1.165) is 31.6 Å². The molecule has 0 atom stereocenters. The van der Waals surface area contributed by atoms with Gasteiger partial charge in [-0.2, -0.15) is 0 Å². The van der Waals surface area contributed by atoms with Gasteiger partial charge in [0.25, 0.3) is 5.91 Å². The van der Waals surface area contributed by atoms with Crippen LogP contribution >= 0.6 is 11.6 Å². The molecule has 0 radical (unpaired) electrons. The molecule has 0 bridgehead atoms. The van der Waals surface area contributed by atoms with Crippen molar-refractivity contribution in [3.8, 4) is 0 Å². The van der Waals surface area contributed by atoms with Crippen molar-refractivity contribution in [2.45, 2.75) is 32.9 Å². The highest BCUT2D eigenvalue weighted by molar-refractivity contribution is 6.30. The quantitative estimate of drug-likeness (QED) is 0.497. The van der Waals surface area contributed by atoms with Gasteiger partial charge in [0, 0.05) is 35.6 Å². The summed E-state index contributed by atoms with van der Waals surface area (Å²) in [6.07, 6.45) is 4.10. The van der Waals surface area contributed by atoms with E-state index in [1.54, 1.807) is 12.1 Å². The Morgan fingerprint density at radius 3 is 2.59 bits per heavy atom. The molecule has 3 rings (SSSR count). The first kappa shape index (κ1) is 19.2. The highest BCUT2D eigenvalue weighted by Gasteiger charge is 2.17. The summed E-state index contributed by atoms with van der Waals surface area (Å²) >= 11 is 6.08. The summed E-state index contributed by atoms with van der Waals surface area (Å²) < 4.78 is 2.21. The van der Waals surface area contributed by atoms with E-state index in [1.807, 2.05) is 29.2 Å². The number of aromatic nitrogens is 1. The molecule has 0 aliphatic carbocycles. The van der Waals surface area contributed by atoms with Crippen molar-refractivity contribution in [1.82, 2.24) is 9.47 Å². The predicted molar refractivity (Wildman–Crippen MR) is 111 cm³/mol. The molecule has 2 aromatic carbocycles. The van der Waals surface area contributed by atoms with Crippen molar-refractivity contribution >= 4 is 17.5 Å². The molecular weight excluding hydrogens is 356 g/mol. The summed E-state index contributed by atoms with van der Waals surface area (Å²) in [7, 11) is 0. The number of hydrogen-bond donors (Lipinski definition) is 0. The monoisotopic (exact) mass is 380 g/mol. The molecule has 0 unspecified atom stereocenters. The van der Waals surface area contributed by atoms with Crippen LogP contribution < -0.4 is 0 Å². The van der Waals surface area contributed by atoms with Crippen LogP contribution in [0.25, 0.3) is 0 Å². The van der Waals surface area contributed by atoms with E-state index >= 15 is 0 Å². The molecule has 0 spiro atoms. The molecule has 3 nitrogen and oxygen atoms in total. The highest BCUT2D eigenvalue weighted by atomic mass is 35.5. The number of carbonyl (C=O) groups is 1. The molecule has 0 saturated carbocycles. The van der Waals surface area contributed by atoms with Crippen LogP contribution in [0.1, 0.15) is 41.4 Å². The molecule has 4 heteroatoms. The summed E-state index contributed by atoms with van der Waals surface area (Å²) in [5, 5.41) is 0.587. The van der Waals surface area contributed by atoms with Gasteiger partial charge < -0.3 is 9.47 Å². The van der Waals surface area contributed by atoms with Crippen molar-refractivity contribution in [2.24, 2.45) is 0 Å². The number of halogens is 1. The Morgan fingerprint density at radius 1 is 1.04 bits per heavy atom. The van der Waals surface area contributed by atoms with E-state index < -0.39 is 0 Å². The fourth-order valence-corrected chi connectivity index (χ4v) is 3.32. The third-order valence-corrected chi connectivity index (χ3v) is 4.85. The molecule has 0 N–H and O–H groups in total. The minimum Gasteiger partial charge on any atom is -0.345 e. The smallest absolute Gasteiger partial charge is 0.254 e. The molecule has 3 aromatic rings. The number of amides is 1. The SMILES string of the molecule is CCCCN(Cc1cccn1Cc1ccccc1)C(=O)c1cccc(Cl)c1. The summed E-state index contributed by atoms with van der Waals surface area (Å²) in [4.78, 5) is 15.0. The number of rotatable bonds is 8. The molecule has 1 amide bonds. The fourth-order valence-electron chi connectivity index (χ4n) is 3.13. The number of benzene rings is 2. The fraction of sp³-hybridized carbons (Fsp3) is 0.261. The third kappa shape index (κ3) is 5.24. The molecule has 1 heterocycles. The summed E-state index contributed by atoms with van der Waals surface area (Å²) in [5.41, 5.74) is 3.02. The lowest BCUT2D eigenvalue weighted by Gasteiger charge is -2.24. The van der Waals surface area contributed by atoms with Crippen LogP contribution in [0, 0.1) is 0 Å². The Hall–Kier alpha value is -2.52. The van der Waals surface area contributed by atoms with Gasteiger partial charge in [0.05, 0.1) is 6.54 Å². The number of carbonyl (C=O) groups excluding carboxylic acids is 1. The van der Waals surface area contributed by atoms with Gasteiger partial charge in [-0.3, -0.25) is 4.79 Å². The molecule has 0 saturated heterocycles. The van der Waals surface area contributed by atoms with Gasteiger partial charge in [-0.05, 0) is 42.3 Å². The zero-order valence-electron chi connectivity index (χ0n) is 15.6. The van der Waals surface area contributed by atoms with Gasteiger partial charge in [-0.25, -0.2) is 0 Å². The minimum atomic E-state index is 0.0263. The van der Waals surface area contributed by atoms with E-state index in [9.17, 15) is 4.79 Å². The van der Waals surface area contributed by atoms with Gasteiger partial charge in [0.1, 0.15) is 0 Å². The Morgan fingerprint density at radius 2 is 1.85 bits per heavy atom. The topological polar surface area (TPSA) is 25.2 Å². The van der Waals surface area contributed by atoms with Gasteiger partial charge in [0.15, 0.2) is 0 Å². The van der Waals surface area contributed by atoms with Crippen LogP contribution in [0.4, 0.5) is 0 Å². The average Bonchev–Trinajstić information content (AvgIpc) is 3.12. The average molecular weight is 381 g/mol. The van der Waals surface area contributed by atoms with E-state index in [1.165, 1.54) is 5.56 Å². The molecule has 0 fully saturated rings. The van der Waals surface area contributed by atoms with Gasteiger partial charge >= 0.3 is 0 Å². The molecule has 27 heavy (non-hydrogen) atoms. The van der Waals surface area contributed by atoms with Crippen molar-refractivity contribution in [2.75, 3.05) is 6.54 Å². The second-order valence-electron chi connectivity index (χ2n) is 6.70. The van der Waals surface area contributed by atoms with E-state index in [2.05, 4.69) is 48.0 Å². The van der Waals surface area contributed by atoms with Crippen molar-refractivity contribution in [1.29, 1.82) is 0 Å². The number of hydrogen-bond acceptors (Lipinski definition) is 1. The molecule has 0 aliphatic rings. The standard InChI is InChI=1S/C23H25ClN2O/c1-2-3-14-26(23(27)20-11-7-12-21(24)16-20)18-22-13-8-15-25(22)17-19-9-5-4-6-10-19/h4-13,15-16H,2-3,14,17-18H2,1H3. The minimum absolute atomic E-state index is 0.0263. The van der Waals surface area contributed by atoms with Crippen molar-refractivity contribution in [3.05, 3.63) is 94.8 Å². The summed E-state index contributed by atoms with van der Waals surface area (Å²) in [6, 6.07) is 21.7. The first-order chi connectivity index (χ1) is 13.2.